The van der Waals surface area contributed by atoms with Crippen LogP contribution < -0.4 is 4.74 Å². The second-order valence-electron chi connectivity index (χ2n) is 3.65. The molecule has 0 unspecified atom stereocenters. The Labute approximate surface area is 89.0 Å². The standard InChI is InChI=1S/C12H14O3/c1-14-11-4-2-9(3-5-11)12-10(8-13)6-7-15-12/h2-5,8,10,12H,6-7H2,1H3/t10-,12+/m0/s1. The van der Waals surface area contributed by atoms with E-state index in [0.717, 1.165) is 24.0 Å². The molecule has 3 nitrogen and oxygen atoms in total. The van der Waals surface area contributed by atoms with Crippen molar-refractivity contribution in [3.05, 3.63) is 29.8 Å². The Kier molecular flexibility index (Phi) is 3.02. The summed E-state index contributed by atoms with van der Waals surface area (Å²) in [5, 5.41) is 0. The third-order valence-corrected chi connectivity index (χ3v) is 2.76. The molecule has 0 aromatic heterocycles. The van der Waals surface area contributed by atoms with Crippen molar-refractivity contribution in [3.8, 4) is 5.75 Å². The molecule has 0 saturated carbocycles. The highest BCUT2D eigenvalue weighted by Crippen LogP contribution is 2.33. The SMILES string of the molecule is COc1ccc([C@H]2OCC[C@H]2C=O)cc1. The molecule has 1 aliphatic rings. The van der Waals surface area contributed by atoms with Gasteiger partial charge in [-0.25, -0.2) is 0 Å². The number of hydrogen-bond donors (Lipinski definition) is 0. The molecule has 1 heterocycles. The molecule has 1 aromatic rings. The highest BCUT2D eigenvalue weighted by molar-refractivity contribution is 5.56. The average molecular weight is 206 g/mol. The zero-order valence-electron chi connectivity index (χ0n) is 8.68. The highest BCUT2D eigenvalue weighted by Gasteiger charge is 2.28. The predicted molar refractivity (Wildman–Crippen MR) is 55.9 cm³/mol. The minimum absolute atomic E-state index is 0.00149. The van der Waals surface area contributed by atoms with Crippen LogP contribution in [0.2, 0.25) is 0 Å². The summed E-state index contributed by atoms with van der Waals surface area (Å²) in [6.45, 7) is 0.667. The van der Waals surface area contributed by atoms with Crippen molar-refractivity contribution in [2.24, 2.45) is 5.92 Å². The minimum Gasteiger partial charge on any atom is -0.497 e. The van der Waals surface area contributed by atoms with Crippen LogP contribution >= 0.6 is 0 Å². The summed E-state index contributed by atoms with van der Waals surface area (Å²) in [6.07, 6.45) is 1.73. The Morgan fingerprint density at radius 1 is 1.40 bits per heavy atom. The van der Waals surface area contributed by atoms with Crippen molar-refractivity contribution in [2.75, 3.05) is 13.7 Å². The Morgan fingerprint density at radius 2 is 2.13 bits per heavy atom. The fourth-order valence-electron chi connectivity index (χ4n) is 1.88. The van der Waals surface area contributed by atoms with Crippen LogP contribution in [0.25, 0.3) is 0 Å². The van der Waals surface area contributed by atoms with Crippen LogP contribution in [0.5, 0.6) is 5.75 Å². The van der Waals surface area contributed by atoms with E-state index in [1.54, 1.807) is 7.11 Å². The molecule has 0 radical (unpaired) electrons. The molecule has 0 amide bonds. The molecule has 0 spiro atoms. The third-order valence-electron chi connectivity index (χ3n) is 2.76. The quantitative estimate of drug-likeness (QED) is 0.709. The number of ether oxygens (including phenoxy) is 2. The molecule has 1 aromatic carbocycles. The Morgan fingerprint density at radius 3 is 2.73 bits per heavy atom. The molecular formula is C12H14O3. The van der Waals surface area contributed by atoms with Gasteiger partial charge in [-0.15, -0.1) is 0 Å². The zero-order valence-corrected chi connectivity index (χ0v) is 8.68. The summed E-state index contributed by atoms with van der Waals surface area (Å²) in [5.41, 5.74) is 1.05. The van der Waals surface area contributed by atoms with E-state index in [1.807, 2.05) is 24.3 Å². The average Bonchev–Trinajstić information content (AvgIpc) is 2.77. The van der Waals surface area contributed by atoms with Crippen LogP contribution in [0.15, 0.2) is 24.3 Å². The molecule has 80 valence electrons. The van der Waals surface area contributed by atoms with E-state index in [0.29, 0.717) is 6.61 Å². The van der Waals surface area contributed by atoms with Gasteiger partial charge in [-0.1, -0.05) is 12.1 Å². The van der Waals surface area contributed by atoms with Crippen LogP contribution in [-0.2, 0) is 9.53 Å². The molecular weight excluding hydrogens is 192 g/mol. The summed E-state index contributed by atoms with van der Waals surface area (Å²) in [4.78, 5) is 10.8. The largest absolute Gasteiger partial charge is 0.497 e. The highest BCUT2D eigenvalue weighted by atomic mass is 16.5. The topological polar surface area (TPSA) is 35.5 Å². The summed E-state index contributed by atoms with van der Waals surface area (Å²) in [5.74, 6) is 0.817. The van der Waals surface area contributed by atoms with Crippen molar-refractivity contribution in [3.63, 3.8) is 0 Å². The van der Waals surface area contributed by atoms with Gasteiger partial charge in [0.2, 0.25) is 0 Å². The maximum Gasteiger partial charge on any atom is 0.126 e. The van der Waals surface area contributed by atoms with Crippen LogP contribution in [-0.4, -0.2) is 20.0 Å². The van der Waals surface area contributed by atoms with Gasteiger partial charge in [-0.2, -0.15) is 0 Å². The zero-order chi connectivity index (χ0) is 10.7. The fraction of sp³-hybridized carbons (Fsp3) is 0.417. The molecule has 0 N–H and O–H groups in total. The maximum atomic E-state index is 10.8. The van der Waals surface area contributed by atoms with Gasteiger partial charge in [0.1, 0.15) is 12.0 Å². The Bertz CT molecular complexity index is 331. The number of rotatable bonds is 3. The molecule has 1 aliphatic heterocycles. The van der Waals surface area contributed by atoms with E-state index in [-0.39, 0.29) is 12.0 Å². The van der Waals surface area contributed by atoms with Gasteiger partial charge in [-0.3, -0.25) is 0 Å². The third kappa shape index (κ3) is 2.02. The van der Waals surface area contributed by atoms with Gasteiger partial charge in [-0.05, 0) is 24.1 Å². The maximum absolute atomic E-state index is 10.8. The lowest BCUT2D eigenvalue weighted by molar-refractivity contribution is -0.112. The number of benzene rings is 1. The molecule has 1 fully saturated rings. The second-order valence-corrected chi connectivity index (χ2v) is 3.65. The molecule has 0 aliphatic carbocycles. The van der Waals surface area contributed by atoms with E-state index in [4.69, 9.17) is 9.47 Å². The number of carbonyl (C=O) groups is 1. The van der Waals surface area contributed by atoms with Crippen LogP contribution in [0, 0.1) is 5.92 Å². The Hall–Kier alpha value is -1.35. The van der Waals surface area contributed by atoms with E-state index >= 15 is 0 Å². The molecule has 15 heavy (non-hydrogen) atoms. The van der Waals surface area contributed by atoms with Crippen LogP contribution in [0.3, 0.4) is 0 Å². The minimum atomic E-state index is -0.0755. The van der Waals surface area contributed by atoms with Gasteiger partial charge < -0.3 is 14.3 Å². The first-order chi connectivity index (χ1) is 7.35. The lowest BCUT2D eigenvalue weighted by Gasteiger charge is -2.14. The van der Waals surface area contributed by atoms with E-state index < -0.39 is 0 Å². The van der Waals surface area contributed by atoms with Gasteiger partial charge in [0, 0.05) is 12.5 Å². The number of aldehydes is 1. The summed E-state index contributed by atoms with van der Waals surface area (Å²) in [6, 6.07) is 7.67. The van der Waals surface area contributed by atoms with Crippen LogP contribution in [0.4, 0.5) is 0 Å². The predicted octanol–water partition coefficient (Wildman–Crippen LogP) is 1.97. The molecule has 1 saturated heterocycles. The van der Waals surface area contributed by atoms with E-state index in [9.17, 15) is 4.79 Å². The van der Waals surface area contributed by atoms with E-state index in [2.05, 4.69) is 0 Å². The molecule has 2 atom stereocenters. The lowest BCUT2D eigenvalue weighted by atomic mass is 9.97. The fourth-order valence-corrected chi connectivity index (χ4v) is 1.88. The van der Waals surface area contributed by atoms with Gasteiger partial charge in [0.15, 0.2) is 0 Å². The first-order valence-electron chi connectivity index (χ1n) is 5.06. The number of carbonyl (C=O) groups excluding carboxylic acids is 1. The lowest BCUT2D eigenvalue weighted by Crippen LogP contribution is -2.08. The van der Waals surface area contributed by atoms with Gasteiger partial charge >= 0.3 is 0 Å². The van der Waals surface area contributed by atoms with Crippen LogP contribution in [0.1, 0.15) is 18.1 Å². The van der Waals surface area contributed by atoms with Crippen molar-refractivity contribution in [1.82, 2.24) is 0 Å². The summed E-state index contributed by atoms with van der Waals surface area (Å²) < 4.78 is 10.6. The van der Waals surface area contributed by atoms with Gasteiger partial charge in [0.05, 0.1) is 13.2 Å². The van der Waals surface area contributed by atoms with Crippen molar-refractivity contribution >= 4 is 6.29 Å². The summed E-state index contributed by atoms with van der Waals surface area (Å²) in [7, 11) is 1.63. The van der Waals surface area contributed by atoms with Gasteiger partial charge in [0.25, 0.3) is 0 Å². The normalized spacial score (nSPS) is 25.1. The molecule has 3 heteroatoms. The molecule has 2 rings (SSSR count). The number of hydrogen-bond acceptors (Lipinski definition) is 3. The smallest absolute Gasteiger partial charge is 0.126 e. The first kappa shape index (κ1) is 10.2. The first-order valence-corrected chi connectivity index (χ1v) is 5.06. The van der Waals surface area contributed by atoms with Crippen molar-refractivity contribution < 1.29 is 14.3 Å². The number of methoxy groups -OCH3 is 1. The van der Waals surface area contributed by atoms with Crippen molar-refractivity contribution in [2.45, 2.75) is 12.5 Å². The van der Waals surface area contributed by atoms with Crippen molar-refractivity contribution in [1.29, 1.82) is 0 Å². The summed E-state index contributed by atoms with van der Waals surface area (Å²) >= 11 is 0. The van der Waals surface area contributed by atoms with E-state index in [1.165, 1.54) is 0 Å². The molecule has 0 bridgehead atoms. The second kappa shape index (κ2) is 4.45. The Balaban J connectivity index is 2.17. The monoisotopic (exact) mass is 206 g/mol.